The Morgan fingerprint density at radius 2 is 1.15 bits per heavy atom. The van der Waals surface area contributed by atoms with Crippen LogP contribution in [-0.4, -0.2) is 17.5 Å². The van der Waals surface area contributed by atoms with Crippen molar-refractivity contribution >= 4 is 5.78 Å². The van der Waals surface area contributed by atoms with Gasteiger partial charge in [0.2, 0.25) is 0 Å². The van der Waals surface area contributed by atoms with E-state index in [4.69, 9.17) is 5.11 Å². The summed E-state index contributed by atoms with van der Waals surface area (Å²) < 4.78 is 0. The van der Waals surface area contributed by atoms with Crippen LogP contribution in [0.1, 0.15) is 66.2 Å². The van der Waals surface area contributed by atoms with Crippen LogP contribution >= 0.6 is 0 Å². The molecule has 0 aliphatic heterocycles. The van der Waals surface area contributed by atoms with Crippen LogP contribution in [0.4, 0.5) is 0 Å². The third-order valence-corrected chi connectivity index (χ3v) is 3.30. The van der Waals surface area contributed by atoms with Gasteiger partial charge in [0.15, 0.2) is 0 Å². The zero-order valence-corrected chi connectivity index (χ0v) is 13.5. The maximum absolute atomic E-state index is 10.8. The molecule has 0 fully saturated rings. The van der Waals surface area contributed by atoms with Crippen LogP contribution < -0.4 is 0 Å². The van der Waals surface area contributed by atoms with Crippen molar-refractivity contribution in [2.24, 2.45) is 0 Å². The largest absolute Gasteiger partial charge is 0.392 e. The van der Waals surface area contributed by atoms with Crippen LogP contribution in [0, 0.1) is 0 Å². The van der Waals surface area contributed by atoms with Crippen LogP contribution in [0.2, 0.25) is 0 Å². The summed E-state index contributed by atoms with van der Waals surface area (Å²) in [4.78, 5) is 10.8. The van der Waals surface area contributed by atoms with Gasteiger partial charge in [0.1, 0.15) is 5.78 Å². The first kappa shape index (κ1) is 18.9. The molecule has 0 saturated heterocycles. The van der Waals surface area contributed by atoms with Crippen LogP contribution in [0.5, 0.6) is 0 Å². The number of aliphatic hydroxyl groups excluding tert-OH is 1. The maximum atomic E-state index is 10.8. The van der Waals surface area contributed by atoms with Gasteiger partial charge in [-0.05, 0) is 59.8 Å². The lowest BCUT2D eigenvalue weighted by Crippen LogP contribution is -1.87. The van der Waals surface area contributed by atoms with E-state index in [1.165, 1.54) is 11.1 Å². The average Bonchev–Trinajstić information content (AvgIpc) is 2.38. The van der Waals surface area contributed by atoms with E-state index in [2.05, 4.69) is 32.1 Å². The highest BCUT2D eigenvalue weighted by atomic mass is 16.3. The van der Waals surface area contributed by atoms with E-state index in [1.807, 2.05) is 6.92 Å². The summed E-state index contributed by atoms with van der Waals surface area (Å²) in [6, 6.07) is 0. The second-order valence-corrected chi connectivity index (χ2v) is 5.63. The number of carbonyl (C=O) groups excluding carboxylic acids is 1. The Balaban J connectivity index is 3.89. The van der Waals surface area contributed by atoms with Crippen molar-refractivity contribution in [1.29, 1.82) is 0 Å². The first-order valence-corrected chi connectivity index (χ1v) is 7.53. The molecule has 2 heteroatoms. The number of ketones is 1. The summed E-state index contributed by atoms with van der Waals surface area (Å²) in [6.45, 7) is 8.05. The van der Waals surface area contributed by atoms with E-state index in [9.17, 15) is 4.79 Å². The minimum absolute atomic E-state index is 0.160. The fourth-order valence-corrected chi connectivity index (χ4v) is 1.88. The van der Waals surface area contributed by atoms with Crippen molar-refractivity contribution in [3.8, 4) is 0 Å². The number of carbonyl (C=O) groups is 1. The molecule has 2 nitrogen and oxygen atoms in total. The average molecular weight is 278 g/mol. The molecule has 0 aliphatic rings. The summed E-state index contributed by atoms with van der Waals surface area (Å²) in [5, 5.41) is 8.90. The van der Waals surface area contributed by atoms with Gasteiger partial charge in [0, 0.05) is 6.42 Å². The van der Waals surface area contributed by atoms with Gasteiger partial charge in [-0.1, -0.05) is 34.9 Å². The Hall–Kier alpha value is -1.15. The summed E-state index contributed by atoms with van der Waals surface area (Å²) in [6.07, 6.45) is 12.3. The lowest BCUT2D eigenvalue weighted by atomic mass is 10.1. The fourth-order valence-electron chi connectivity index (χ4n) is 1.88. The molecule has 0 heterocycles. The van der Waals surface area contributed by atoms with Crippen LogP contribution in [-0.2, 0) is 4.79 Å². The molecular weight excluding hydrogens is 248 g/mol. The highest BCUT2D eigenvalue weighted by molar-refractivity contribution is 5.75. The summed E-state index contributed by atoms with van der Waals surface area (Å²) >= 11 is 0. The Kier molecular flexibility index (Phi) is 11.0. The fraction of sp³-hybridized carbons (Fsp3) is 0.611. The SMILES string of the molecule is CC(=O)CC/C=C(/C)CC/C=C(/C)CCC=C(C)CO. The summed E-state index contributed by atoms with van der Waals surface area (Å²) in [5.74, 6) is 0.260. The predicted molar refractivity (Wildman–Crippen MR) is 86.7 cm³/mol. The third kappa shape index (κ3) is 11.9. The first-order chi connectivity index (χ1) is 9.45. The second-order valence-electron chi connectivity index (χ2n) is 5.63. The van der Waals surface area contributed by atoms with Gasteiger partial charge >= 0.3 is 0 Å². The Morgan fingerprint density at radius 3 is 1.55 bits per heavy atom. The van der Waals surface area contributed by atoms with Crippen molar-refractivity contribution in [2.75, 3.05) is 6.61 Å². The monoisotopic (exact) mass is 278 g/mol. The quantitative estimate of drug-likeness (QED) is 0.586. The summed E-state index contributed by atoms with van der Waals surface area (Å²) in [7, 11) is 0. The molecule has 0 aromatic carbocycles. The molecule has 20 heavy (non-hydrogen) atoms. The second kappa shape index (κ2) is 11.7. The van der Waals surface area contributed by atoms with E-state index in [0.29, 0.717) is 6.42 Å². The maximum Gasteiger partial charge on any atom is 0.130 e. The van der Waals surface area contributed by atoms with Crippen LogP contribution in [0.15, 0.2) is 34.9 Å². The molecule has 0 unspecified atom stereocenters. The van der Waals surface area contributed by atoms with E-state index in [-0.39, 0.29) is 12.4 Å². The van der Waals surface area contributed by atoms with Gasteiger partial charge in [-0.15, -0.1) is 0 Å². The van der Waals surface area contributed by atoms with Crippen molar-refractivity contribution < 1.29 is 9.90 Å². The number of Topliss-reactive ketones (excluding diaryl/α,β-unsaturated/α-hetero) is 1. The van der Waals surface area contributed by atoms with Crippen molar-refractivity contribution in [3.63, 3.8) is 0 Å². The highest BCUT2D eigenvalue weighted by Crippen LogP contribution is 2.12. The molecule has 0 radical (unpaired) electrons. The topological polar surface area (TPSA) is 37.3 Å². The molecule has 0 aromatic rings. The first-order valence-electron chi connectivity index (χ1n) is 7.53. The van der Waals surface area contributed by atoms with E-state index < -0.39 is 0 Å². The molecule has 0 bridgehead atoms. The van der Waals surface area contributed by atoms with E-state index in [0.717, 1.165) is 37.7 Å². The van der Waals surface area contributed by atoms with Gasteiger partial charge in [-0.3, -0.25) is 0 Å². The van der Waals surface area contributed by atoms with E-state index >= 15 is 0 Å². The van der Waals surface area contributed by atoms with Crippen molar-refractivity contribution in [1.82, 2.24) is 0 Å². The zero-order chi connectivity index (χ0) is 15.4. The Labute approximate surface area is 124 Å². The highest BCUT2D eigenvalue weighted by Gasteiger charge is 1.94. The molecule has 0 amide bonds. The van der Waals surface area contributed by atoms with Crippen LogP contribution in [0.3, 0.4) is 0 Å². The normalized spacial score (nSPS) is 13.8. The van der Waals surface area contributed by atoms with Crippen LogP contribution in [0.25, 0.3) is 0 Å². The van der Waals surface area contributed by atoms with E-state index in [1.54, 1.807) is 6.92 Å². The molecule has 0 atom stereocenters. The van der Waals surface area contributed by atoms with Gasteiger partial charge in [-0.2, -0.15) is 0 Å². The number of allylic oxidation sites excluding steroid dienone is 5. The third-order valence-electron chi connectivity index (χ3n) is 3.30. The Bertz CT molecular complexity index is 373. The zero-order valence-electron chi connectivity index (χ0n) is 13.5. The molecule has 0 rings (SSSR count). The smallest absolute Gasteiger partial charge is 0.130 e. The molecule has 0 aliphatic carbocycles. The van der Waals surface area contributed by atoms with Gasteiger partial charge < -0.3 is 9.90 Å². The number of aliphatic hydroxyl groups is 1. The molecule has 114 valence electrons. The van der Waals surface area contributed by atoms with Crippen molar-refractivity contribution in [2.45, 2.75) is 66.2 Å². The molecule has 0 saturated carbocycles. The van der Waals surface area contributed by atoms with Crippen molar-refractivity contribution in [3.05, 3.63) is 34.9 Å². The lowest BCUT2D eigenvalue weighted by molar-refractivity contribution is -0.116. The van der Waals surface area contributed by atoms with Gasteiger partial charge in [0.25, 0.3) is 0 Å². The van der Waals surface area contributed by atoms with Gasteiger partial charge in [0.05, 0.1) is 6.61 Å². The minimum Gasteiger partial charge on any atom is -0.392 e. The number of hydrogen-bond acceptors (Lipinski definition) is 2. The molecule has 0 spiro atoms. The Morgan fingerprint density at radius 1 is 0.750 bits per heavy atom. The minimum atomic E-state index is 0.160. The molecule has 1 N–H and O–H groups in total. The summed E-state index contributed by atoms with van der Waals surface area (Å²) in [5.41, 5.74) is 3.82. The lowest BCUT2D eigenvalue weighted by Gasteiger charge is -2.01. The number of hydrogen-bond donors (Lipinski definition) is 1. The number of rotatable bonds is 10. The molecular formula is C18H30O2. The molecule has 0 aromatic heterocycles. The van der Waals surface area contributed by atoms with Gasteiger partial charge in [-0.25, -0.2) is 0 Å². The predicted octanol–water partition coefficient (Wildman–Crippen LogP) is 4.75. The standard InChI is InChI=1S/C18H30O2/c1-15(10-6-12-17(3)14-19)8-5-9-16(2)11-7-13-18(4)20/h8,11-12,19H,5-7,9-10,13-14H2,1-4H3/b15-8-,16-11-,17-12?.